The number of hydrogen-bond donors (Lipinski definition) is 0. The maximum absolute atomic E-state index is 2.51. The molecule has 0 N–H and O–H groups in total. The molecule has 0 radical (unpaired) electrons. The van der Waals surface area contributed by atoms with Gasteiger partial charge < -0.3 is 0 Å². The second-order valence-corrected chi connectivity index (χ2v) is 8.46. The first-order valence-corrected chi connectivity index (χ1v) is 8.63. The van der Waals surface area contributed by atoms with Gasteiger partial charge in [-0.05, 0) is 82.0 Å². The van der Waals surface area contributed by atoms with Gasteiger partial charge in [0, 0.05) is 0 Å². The van der Waals surface area contributed by atoms with Crippen molar-refractivity contribution in [2.45, 2.75) is 52.4 Å². The summed E-state index contributed by atoms with van der Waals surface area (Å²) in [6.07, 6.45) is 7.84. The first-order chi connectivity index (χ1) is 7.20. The predicted molar refractivity (Wildman–Crippen MR) is 87.0 cm³/mol. The van der Waals surface area contributed by atoms with E-state index in [1.807, 2.05) is 11.3 Å². The molecule has 0 atom stereocenters. The monoisotopic (exact) mass is 448 g/mol. The molecule has 3 heteroatoms. The maximum atomic E-state index is 2.51. The Bertz CT molecular complexity index is 276. The summed E-state index contributed by atoms with van der Waals surface area (Å²) in [5.41, 5.74) is 3.31. The lowest BCUT2D eigenvalue weighted by atomic mass is 10.0. The number of thiophene rings is 1. The van der Waals surface area contributed by atoms with Crippen LogP contribution in [-0.4, -0.2) is 0 Å². The van der Waals surface area contributed by atoms with Gasteiger partial charge >= 0.3 is 0 Å². The molecule has 15 heavy (non-hydrogen) atoms. The minimum Gasteiger partial charge on any atom is -0.123 e. The molecule has 0 fully saturated rings. The van der Waals surface area contributed by atoms with E-state index in [9.17, 15) is 0 Å². The molecule has 0 amide bonds. The molecular formula is C12H18I2S. The van der Waals surface area contributed by atoms with Gasteiger partial charge in [0.05, 0.1) is 5.77 Å². The normalized spacial score (nSPS) is 10.9. The molecular weight excluding hydrogens is 430 g/mol. The van der Waals surface area contributed by atoms with Crippen LogP contribution in [-0.2, 0) is 12.8 Å². The third-order valence-electron chi connectivity index (χ3n) is 2.58. The molecule has 86 valence electrons. The fraction of sp³-hybridized carbons (Fsp3) is 0.667. The Morgan fingerprint density at radius 1 is 0.867 bits per heavy atom. The Balaban J connectivity index is 2.80. The van der Waals surface area contributed by atoms with E-state index in [1.54, 1.807) is 11.1 Å². The zero-order chi connectivity index (χ0) is 11.3. The lowest BCUT2D eigenvalue weighted by Gasteiger charge is -2.04. The van der Waals surface area contributed by atoms with E-state index in [4.69, 9.17) is 0 Å². The van der Waals surface area contributed by atoms with Gasteiger partial charge in [-0.2, -0.15) is 0 Å². The first-order valence-electron chi connectivity index (χ1n) is 5.66. The van der Waals surface area contributed by atoms with Gasteiger partial charge in [-0.1, -0.05) is 26.7 Å². The molecule has 0 aromatic carbocycles. The van der Waals surface area contributed by atoms with Crippen molar-refractivity contribution in [3.8, 4) is 0 Å². The summed E-state index contributed by atoms with van der Waals surface area (Å²) in [4.78, 5) is 0. The molecule has 1 aromatic heterocycles. The molecule has 0 nitrogen and oxygen atoms in total. The van der Waals surface area contributed by atoms with E-state index in [-0.39, 0.29) is 0 Å². The second-order valence-electron chi connectivity index (χ2n) is 3.81. The summed E-state index contributed by atoms with van der Waals surface area (Å²) in [5.74, 6) is 0. The smallest absolute Gasteiger partial charge is 0.0699 e. The standard InChI is InChI=1S/C12H18I2S/c1-3-5-7-9-10(8-6-4-2)12(14)15-11(9)13/h3-8H2,1-2H3. The summed E-state index contributed by atoms with van der Waals surface area (Å²) < 4.78 is 3.05. The van der Waals surface area contributed by atoms with Gasteiger partial charge in [0.1, 0.15) is 0 Å². The number of hydrogen-bond acceptors (Lipinski definition) is 1. The summed E-state index contributed by atoms with van der Waals surface area (Å²) in [7, 11) is 0. The topological polar surface area (TPSA) is 0 Å². The molecule has 0 unspecified atom stereocenters. The fourth-order valence-electron chi connectivity index (χ4n) is 1.64. The van der Waals surface area contributed by atoms with E-state index in [2.05, 4.69) is 59.0 Å². The van der Waals surface area contributed by atoms with Crippen molar-refractivity contribution in [2.24, 2.45) is 0 Å². The van der Waals surface area contributed by atoms with E-state index >= 15 is 0 Å². The average Bonchev–Trinajstić information content (AvgIpc) is 2.47. The number of rotatable bonds is 6. The van der Waals surface area contributed by atoms with Crippen molar-refractivity contribution < 1.29 is 0 Å². The van der Waals surface area contributed by atoms with E-state index in [0.29, 0.717) is 0 Å². The second kappa shape index (κ2) is 7.48. The van der Waals surface area contributed by atoms with E-state index < -0.39 is 0 Å². The van der Waals surface area contributed by atoms with Crippen molar-refractivity contribution in [2.75, 3.05) is 0 Å². The molecule has 1 rings (SSSR count). The predicted octanol–water partition coefficient (Wildman–Crippen LogP) is 5.64. The van der Waals surface area contributed by atoms with Gasteiger partial charge in [-0.15, -0.1) is 11.3 Å². The quantitative estimate of drug-likeness (QED) is 0.495. The minimum atomic E-state index is 1.29. The Hall–Kier alpha value is 1.16. The Morgan fingerprint density at radius 2 is 1.27 bits per heavy atom. The number of halogens is 2. The molecule has 0 saturated heterocycles. The van der Waals surface area contributed by atoms with Crippen LogP contribution < -0.4 is 0 Å². The number of unbranched alkanes of at least 4 members (excludes halogenated alkanes) is 2. The highest BCUT2D eigenvalue weighted by Crippen LogP contribution is 2.33. The van der Waals surface area contributed by atoms with Crippen molar-refractivity contribution in [3.05, 3.63) is 16.9 Å². The Morgan fingerprint density at radius 3 is 1.60 bits per heavy atom. The molecule has 0 aliphatic heterocycles. The highest BCUT2D eigenvalue weighted by atomic mass is 127. The fourth-order valence-corrected chi connectivity index (χ4v) is 6.27. The van der Waals surface area contributed by atoms with Crippen molar-refractivity contribution >= 4 is 56.5 Å². The van der Waals surface area contributed by atoms with Gasteiger partial charge in [-0.25, -0.2) is 0 Å². The van der Waals surface area contributed by atoms with Crippen LogP contribution in [0.3, 0.4) is 0 Å². The Kier molecular flexibility index (Phi) is 7.09. The van der Waals surface area contributed by atoms with Gasteiger partial charge in [0.2, 0.25) is 0 Å². The summed E-state index contributed by atoms with van der Waals surface area (Å²) >= 11 is 6.99. The van der Waals surface area contributed by atoms with Crippen LogP contribution in [0.2, 0.25) is 0 Å². The van der Waals surface area contributed by atoms with Crippen LogP contribution in [0.5, 0.6) is 0 Å². The Labute approximate surface area is 125 Å². The maximum Gasteiger partial charge on any atom is 0.0699 e. The SMILES string of the molecule is CCCCc1c(I)sc(I)c1CCCC. The largest absolute Gasteiger partial charge is 0.123 e. The van der Waals surface area contributed by atoms with Crippen LogP contribution in [0, 0.1) is 5.77 Å². The van der Waals surface area contributed by atoms with Crippen LogP contribution >= 0.6 is 56.5 Å². The van der Waals surface area contributed by atoms with Crippen LogP contribution in [0.4, 0.5) is 0 Å². The highest BCUT2D eigenvalue weighted by Gasteiger charge is 2.13. The van der Waals surface area contributed by atoms with Crippen molar-refractivity contribution in [1.82, 2.24) is 0 Å². The van der Waals surface area contributed by atoms with Crippen LogP contribution in [0.1, 0.15) is 50.7 Å². The van der Waals surface area contributed by atoms with Crippen molar-refractivity contribution in [1.29, 1.82) is 0 Å². The average molecular weight is 448 g/mol. The lowest BCUT2D eigenvalue weighted by molar-refractivity contribution is 0.759. The molecule has 1 heterocycles. The summed E-state index contributed by atoms with van der Waals surface area (Å²) in [6.45, 7) is 4.55. The van der Waals surface area contributed by atoms with Gasteiger partial charge in [0.15, 0.2) is 0 Å². The molecule has 0 spiro atoms. The summed E-state index contributed by atoms with van der Waals surface area (Å²) in [6, 6.07) is 0. The molecule has 0 aliphatic carbocycles. The first kappa shape index (κ1) is 14.2. The third-order valence-corrected chi connectivity index (χ3v) is 6.05. The van der Waals surface area contributed by atoms with Gasteiger partial charge in [0.25, 0.3) is 0 Å². The molecule has 0 saturated carbocycles. The summed E-state index contributed by atoms with van der Waals surface area (Å²) in [5, 5.41) is 0. The van der Waals surface area contributed by atoms with Crippen LogP contribution in [0.15, 0.2) is 0 Å². The molecule has 1 aromatic rings. The minimum absolute atomic E-state index is 1.29. The zero-order valence-electron chi connectivity index (χ0n) is 9.41. The molecule has 0 bridgehead atoms. The van der Waals surface area contributed by atoms with Crippen molar-refractivity contribution in [3.63, 3.8) is 0 Å². The lowest BCUT2D eigenvalue weighted by Crippen LogP contribution is -1.94. The zero-order valence-corrected chi connectivity index (χ0v) is 14.5. The highest BCUT2D eigenvalue weighted by molar-refractivity contribution is 14.1. The third kappa shape index (κ3) is 4.15. The van der Waals surface area contributed by atoms with E-state index in [1.165, 1.54) is 44.3 Å². The van der Waals surface area contributed by atoms with E-state index in [0.717, 1.165) is 0 Å². The molecule has 0 aliphatic rings. The van der Waals surface area contributed by atoms with Crippen LogP contribution in [0.25, 0.3) is 0 Å². The van der Waals surface area contributed by atoms with Gasteiger partial charge in [-0.3, -0.25) is 0 Å².